The summed E-state index contributed by atoms with van der Waals surface area (Å²) in [6, 6.07) is 8.02. The lowest BCUT2D eigenvalue weighted by atomic mass is 10.0. The summed E-state index contributed by atoms with van der Waals surface area (Å²) in [6.45, 7) is 3.02. The molecule has 0 aliphatic rings. The number of hydrogen-bond acceptors (Lipinski definition) is 3. The highest BCUT2D eigenvalue weighted by atomic mass is 79.9. The fourth-order valence-corrected chi connectivity index (χ4v) is 3.41. The number of hydrogen-bond donors (Lipinski definition) is 2. The standard InChI is InChI=1S/C13H16Br2N4/c1-2-5-19-12(3-4-17-19)13(18-16)9-6-10(14)8-11(15)7-9/h3-4,6-8,13,18H,2,5,16H2,1H3. The molecule has 102 valence electrons. The first-order valence-corrected chi connectivity index (χ1v) is 7.68. The maximum Gasteiger partial charge on any atom is 0.0879 e. The number of benzene rings is 1. The smallest absolute Gasteiger partial charge is 0.0879 e. The number of aromatic nitrogens is 2. The molecule has 19 heavy (non-hydrogen) atoms. The van der Waals surface area contributed by atoms with Crippen LogP contribution >= 0.6 is 31.9 Å². The third-order valence-electron chi connectivity index (χ3n) is 2.87. The third kappa shape index (κ3) is 3.45. The average molecular weight is 388 g/mol. The van der Waals surface area contributed by atoms with Gasteiger partial charge in [-0.3, -0.25) is 10.5 Å². The second kappa shape index (κ2) is 6.65. The van der Waals surface area contributed by atoms with Crippen LogP contribution in [0, 0.1) is 0 Å². The summed E-state index contributed by atoms with van der Waals surface area (Å²) in [5.41, 5.74) is 5.02. The Bertz CT molecular complexity index is 533. The Morgan fingerprint density at radius 2 is 2.00 bits per heavy atom. The fraction of sp³-hybridized carbons (Fsp3) is 0.308. The van der Waals surface area contributed by atoms with Crippen LogP contribution in [0.2, 0.25) is 0 Å². The zero-order chi connectivity index (χ0) is 13.8. The Hall–Kier alpha value is -0.690. The summed E-state index contributed by atoms with van der Waals surface area (Å²) < 4.78 is 4.01. The molecular formula is C13H16Br2N4. The van der Waals surface area contributed by atoms with E-state index in [2.05, 4.69) is 61.4 Å². The maximum absolute atomic E-state index is 5.74. The van der Waals surface area contributed by atoms with Gasteiger partial charge in [0, 0.05) is 21.7 Å². The van der Waals surface area contributed by atoms with Gasteiger partial charge in [0.25, 0.3) is 0 Å². The molecule has 0 aliphatic heterocycles. The molecule has 2 aromatic rings. The molecule has 1 heterocycles. The van der Waals surface area contributed by atoms with Gasteiger partial charge in [-0.1, -0.05) is 38.8 Å². The third-order valence-corrected chi connectivity index (χ3v) is 3.78. The molecule has 0 saturated heterocycles. The molecule has 0 bridgehead atoms. The van der Waals surface area contributed by atoms with E-state index >= 15 is 0 Å². The van der Waals surface area contributed by atoms with E-state index in [-0.39, 0.29) is 6.04 Å². The first-order valence-electron chi connectivity index (χ1n) is 6.09. The summed E-state index contributed by atoms with van der Waals surface area (Å²) in [5.74, 6) is 5.74. The molecule has 1 unspecified atom stereocenters. The van der Waals surface area contributed by atoms with E-state index in [1.165, 1.54) is 0 Å². The Morgan fingerprint density at radius 3 is 2.58 bits per heavy atom. The zero-order valence-corrected chi connectivity index (χ0v) is 13.8. The molecule has 0 amide bonds. The minimum absolute atomic E-state index is 0.0807. The van der Waals surface area contributed by atoms with Crippen LogP contribution in [-0.2, 0) is 6.54 Å². The fourth-order valence-electron chi connectivity index (χ4n) is 2.08. The number of halogens is 2. The first-order chi connectivity index (χ1) is 9.15. The second-order valence-corrected chi connectivity index (χ2v) is 6.11. The molecule has 1 atom stereocenters. The Labute approximate surface area is 129 Å². The van der Waals surface area contributed by atoms with Crippen molar-refractivity contribution in [3.8, 4) is 0 Å². The van der Waals surface area contributed by atoms with E-state index in [1.807, 2.05) is 23.0 Å². The number of rotatable bonds is 5. The molecule has 0 radical (unpaired) electrons. The van der Waals surface area contributed by atoms with E-state index in [1.54, 1.807) is 0 Å². The molecular weight excluding hydrogens is 372 g/mol. The average Bonchev–Trinajstić information content (AvgIpc) is 2.78. The predicted molar refractivity (Wildman–Crippen MR) is 83.5 cm³/mol. The number of nitrogens with zero attached hydrogens (tertiary/aromatic N) is 2. The maximum atomic E-state index is 5.74. The van der Waals surface area contributed by atoms with Crippen LogP contribution in [-0.4, -0.2) is 9.78 Å². The molecule has 1 aromatic heterocycles. The van der Waals surface area contributed by atoms with Gasteiger partial charge in [0.1, 0.15) is 0 Å². The SMILES string of the molecule is CCCn1nccc1C(NN)c1cc(Br)cc(Br)c1. The van der Waals surface area contributed by atoms with Gasteiger partial charge >= 0.3 is 0 Å². The molecule has 0 saturated carbocycles. The van der Waals surface area contributed by atoms with Crippen molar-refractivity contribution >= 4 is 31.9 Å². The van der Waals surface area contributed by atoms with E-state index in [0.29, 0.717) is 0 Å². The normalized spacial score (nSPS) is 12.6. The van der Waals surface area contributed by atoms with Crippen LogP contribution in [0.4, 0.5) is 0 Å². The van der Waals surface area contributed by atoms with Crippen LogP contribution in [0.1, 0.15) is 30.6 Å². The minimum Gasteiger partial charge on any atom is -0.271 e. The first kappa shape index (κ1) is 14.7. The molecule has 6 heteroatoms. The molecule has 3 N–H and O–H groups in total. The lowest BCUT2D eigenvalue weighted by Gasteiger charge is -2.18. The summed E-state index contributed by atoms with van der Waals surface area (Å²) in [5, 5.41) is 4.34. The Kier molecular flexibility index (Phi) is 5.15. The highest BCUT2D eigenvalue weighted by Crippen LogP contribution is 2.27. The topological polar surface area (TPSA) is 55.9 Å². The molecule has 4 nitrogen and oxygen atoms in total. The lowest BCUT2D eigenvalue weighted by molar-refractivity contribution is 0.521. The van der Waals surface area contributed by atoms with Crippen molar-refractivity contribution in [2.75, 3.05) is 0 Å². The number of nitrogens with one attached hydrogen (secondary N) is 1. The molecule has 2 rings (SSSR count). The Morgan fingerprint density at radius 1 is 1.32 bits per heavy atom. The molecule has 0 aliphatic carbocycles. The van der Waals surface area contributed by atoms with Gasteiger partial charge in [-0.25, -0.2) is 5.43 Å². The van der Waals surface area contributed by atoms with Gasteiger partial charge < -0.3 is 0 Å². The van der Waals surface area contributed by atoms with Crippen molar-refractivity contribution in [2.45, 2.75) is 25.9 Å². The van der Waals surface area contributed by atoms with E-state index in [9.17, 15) is 0 Å². The molecule has 0 spiro atoms. The van der Waals surface area contributed by atoms with E-state index in [0.717, 1.165) is 33.2 Å². The number of hydrazine groups is 1. The predicted octanol–water partition coefficient (Wildman–Crippen LogP) is 3.37. The van der Waals surface area contributed by atoms with Crippen LogP contribution in [0.3, 0.4) is 0 Å². The van der Waals surface area contributed by atoms with Crippen LogP contribution in [0.5, 0.6) is 0 Å². The zero-order valence-electron chi connectivity index (χ0n) is 10.6. The van der Waals surface area contributed by atoms with Gasteiger partial charge in [0.05, 0.1) is 11.7 Å². The van der Waals surface area contributed by atoms with E-state index < -0.39 is 0 Å². The van der Waals surface area contributed by atoms with Crippen molar-refractivity contribution in [3.05, 3.63) is 50.7 Å². The second-order valence-electron chi connectivity index (χ2n) is 4.28. The summed E-state index contributed by atoms with van der Waals surface area (Å²) >= 11 is 7.00. The van der Waals surface area contributed by atoms with Gasteiger partial charge in [-0.05, 0) is 36.2 Å². The largest absolute Gasteiger partial charge is 0.271 e. The lowest BCUT2D eigenvalue weighted by Crippen LogP contribution is -2.30. The molecule has 0 fully saturated rings. The van der Waals surface area contributed by atoms with Crippen molar-refractivity contribution in [3.63, 3.8) is 0 Å². The number of nitrogens with two attached hydrogens (primary N) is 1. The van der Waals surface area contributed by atoms with Gasteiger partial charge in [0.15, 0.2) is 0 Å². The van der Waals surface area contributed by atoms with Crippen LogP contribution < -0.4 is 11.3 Å². The Balaban J connectivity index is 2.40. The van der Waals surface area contributed by atoms with Crippen LogP contribution in [0.15, 0.2) is 39.4 Å². The highest BCUT2D eigenvalue weighted by Gasteiger charge is 2.17. The van der Waals surface area contributed by atoms with Gasteiger partial charge in [-0.15, -0.1) is 0 Å². The van der Waals surface area contributed by atoms with Crippen LogP contribution in [0.25, 0.3) is 0 Å². The molecule has 1 aromatic carbocycles. The summed E-state index contributed by atoms with van der Waals surface area (Å²) in [7, 11) is 0. The minimum atomic E-state index is -0.0807. The monoisotopic (exact) mass is 386 g/mol. The van der Waals surface area contributed by atoms with Crippen molar-refractivity contribution in [2.24, 2.45) is 5.84 Å². The van der Waals surface area contributed by atoms with Crippen molar-refractivity contribution < 1.29 is 0 Å². The highest BCUT2D eigenvalue weighted by molar-refractivity contribution is 9.11. The number of aryl methyl sites for hydroxylation is 1. The van der Waals surface area contributed by atoms with Gasteiger partial charge in [0.2, 0.25) is 0 Å². The summed E-state index contributed by atoms with van der Waals surface area (Å²) in [4.78, 5) is 0. The van der Waals surface area contributed by atoms with Gasteiger partial charge in [-0.2, -0.15) is 5.10 Å². The quantitative estimate of drug-likeness (QED) is 0.610. The summed E-state index contributed by atoms with van der Waals surface area (Å²) in [6.07, 6.45) is 2.84. The van der Waals surface area contributed by atoms with E-state index in [4.69, 9.17) is 5.84 Å². The van der Waals surface area contributed by atoms with Crippen molar-refractivity contribution in [1.29, 1.82) is 0 Å². The van der Waals surface area contributed by atoms with Crippen molar-refractivity contribution in [1.82, 2.24) is 15.2 Å².